The number of carbonyl (C=O) groups excluding carboxylic acids is 1. The topological polar surface area (TPSA) is 91.9 Å². The van der Waals surface area contributed by atoms with Crippen molar-refractivity contribution < 1.29 is 9.32 Å². The number of ketones is 1. The number of aromatic nitrogens is 1. The summed E-state index contributed by atoms with van der Waals surface area (Å²) in [7, 11) is 0. The third-order valence-electron chi connectivity index (χ3n) is 12.5. The van der Waals surface area contributed by atoms with E-state index in [1.807, 2.05) is 6.20 Å². The molecule has 3 fully saturated rings. The molecule has 0 bridgehead atoms. The van der Waals surface area contributed by atoms with Gasteiger partial charge in [-0.05, 0) is 96.5 Å². The molecule has 0 aliphatic heterocycles. The van der Waals surface area contributed by atoms with Crippen LogP contribution in [0.15, 0.2) is 27.5 Å². The summed E-state index contributed by atoms with van der Waals surface area (Å²) in [5.41, 5.74) is 11.4. The van der Waals surface area contributed by atoms with Gasteiger partial charge in [0.25, 0.3) is 0 Å². The highest BCUT2D eigenvalue weighted by Gasteiger charge is 2.69. The zero-order valence-corrected chi connectivity index (χ0v) is 23.1. The van der Waals surface area contributed by atoms with E-state index in [9.17, 15) is 10.3 Å². The second-order valence-corrected chi connectivity index (χ2v) is 15.0. The lowest BCUT2D eigenvalue weighted by Crippen LogP contribution is -2.66. The Kier molecular flexibility index (Phi) is 4.77. The second-order valence-electron chi connectivity index (χ2n) is 15.0. The summed E-state index contributed by atoms with van der Waals surface area (Å²) in [5.74, 6) is 1.73. The second kappa shape index (κ2) is 7.07. The van der Waals surface area contributed by atoms with Crippen molar-refractivity contribution in [3.05, 3.63) is 39.6 Å². The molecule has 5 aliphatic carbocycles. The summed E-state index contributed by atoms with van der Waals surface area (Å²) in [5, 5.41) is 8.68. The van der Waals surface area contributed by atoms with E-state index in [0.29, 0.717) is 5.92 Å². The first kappa shape index (κ1) is 24.3. The maximum Gasteiger partial charge on any atom is 0.159 e. The summed E-state index contributed by atoms with van der Waals surface area (Å²) in [6, 6.07) is 0. The molecule has 6 rings (SSSR count). The molecular weight excluding hydrogens is 448 g/mol. The Morgan fingerprint density at radius 2 is 1.78 bits per heavy atom. The van der Waals surface area contributed by atoms with Gasteiger partial charge in [-0.15, -0.1) is 0 Å². The molecule has 194 valence electrons. The lowest BCUT2D eigenvalue weighted by molar-refractivity contribution is -0.158. The maximum absolute atomic E-state index is 14.4. The molecule has 0 spiro atoms. The number of nitrogens with zero attached hydrogens (tertiary/aromatic N) is 4. The Labute approximate surface area is 215 Å². The van der Waals surface area contributed by atoms with Crippen LogP contribution in [-0.2, 0) is 16.6 Å². The number of allylic oxidation sites excluding steroid dienone is 2. The number of hydrogen-bond acceptors (Lipinski definition) is 4. The van der Waals surface area contributed by atoms with E-state index in [1.54, 1.807) is 0 Å². The Bertz CT molecular complexity index is 1220. The van der Waals surface area contributed by atoms with Crippen LogP contribution >= 0.6 is 0 Å². The lowest BCUT2D eigenvalue weighted by atomic mass is 9.35. The van der Waals surface area contributed by atoms with Crippen LogP contribution in [0.2, 0.25) is 0 Å². The van der Waals surface area contributed by atoms with Crippen LogP contribution < -0.4 is 0 Å². The van der Waals surface area contributed by atoms with Gasteiger partial charge in [-0.2, -0.15) is 0 Å². The first-order chi connectivity index (χ1) is 16.7. The average molecular weight is 491 g/mol. The van der Waals surface area contributed by atoms with Gasteiger partial charge in [0, 0.05) is 21.8 Å². The van der Waals surface area contributed by atoms with Crippen LogP contribution in [0.25, 0.3) is 10.4 Å². The molecule has 0 saturated heterocycles. The molecular formula is C30H42N4O2. The van der Waals surface area contributed by atoms with E-state index in [4.69, 9.17) is 4.52 Å². The predicted octanol–water partition coefficient (Wildman–Crippen LogP) is 7.73. The van der Waals surface area contributed by atoms with Gasteiger partial charge in [0.1, 0.15) is 5.76 Å². The SMILES string of the molecule is CC1(C)CCC2(N=[N+]=[N-])CC[C@]3(C)[C@H](C(=O)C=C4[C@@]5(C)Cc6cnoc6C(C)(C)[C@@H]5CC[C@]43C)[C@@H]2C1. The van der Waals surface area contributed by atoms with Gasteiger partial charge in [-0.25, -0.2) is 0 Å². The Morgan fingerprint density at radius 3 is 2.50 bits per heavy atom. The molecule has 0 N–H and O–H groups in total. The minimum absolute atomic E-state index is 0.0638. The van der Waals surface area contributed by atoms with Gasteiger partial charge in [0.2, 0.25) is 0 Å². The summed E-state index contributed by atoms with van der Waals surface area (Å²) < 4.78 is 5.79. The number of carbonyl (C=O) groups is 1. The number of rotatable bonds is 1. The minimum atomic E-state index is -0.420. The molecule has 1 unspecified atom stereocenters. The normalized spacial score (nSPS) is 46.1. The summed E-state index contributed by atoms with van der Waals surface area (Å²) in [4.78, 5) is 17.7. The quantitative estimate of drug-likeness (QED) is 0.229. The van der Waals surface area contributed by atoms with E-state index in [-0.39, 0.29) is 44.7 Å². The lowest BCUT2D eigenvalue weighted by Gasteiger charge is -2.69. The van der Waals surface area contributed by atoms with Crippen molar-refractivity contribution in [1.29, 1.82) is 0 Å². The first-order valence-corrected chi connectivity index (χ1v) is 14.0. The molecule has 0 amide bonds. The van der Waals surface area contributed by atoms with E-state index < -0.39 is 5.54 Å². The fourth-order valence-electron chi connectivity index (χ4n) is 10.5. The van der Waals surface area contributed by atoms with Gasteiger partial charge in [0.15, 0.2) is 5.78 Å². The number of fused-ring (bicyclic) bond motifs is 8. The zero-order chi connectivity index (χ0) is 25.9. The third kappa shape index (κ3) is 2.77. The highest BCUT2D eigenvalue weighted by atomic mass is 16.5. The number of azide groups is 1. The molecule has 6 nitrogen and oxygen atoms in total. The molecule has 5 aliphatic rings. The standard InChI is InChI=1S/C30H42N4O2/c1-25(2)10-12-30(33-34-31)13-11-29(7)23(19(30)16-25)20(35)14-22-27(5)15-18-17-32-36-24(18)26(3,4)21(27)8-9-28(22,29)6/h14,17,19,21,23H,8-13,15-16H2,1-7H3/t19-,21-,23-,27-,28+,29+,30?/m0/s1. The van der Waals surface area contributed by atoms with Crippen LogP contribution in [-0.4, -0.2) is 16.5 Å². The molecule has 1 aromatic rings. The smallest absolute Gasteiger partial charge is 0.159 e. The molecule has 0 aromatic carbocycles. The Hall–Kier alpha value is -2.07. The minimum Gasteiger partial charge on any atom is -0.361 e. The van der Waals surface area contributed by atoms with E-state index in [1.165, 1.54) is 11.1 Å². The third-order valence-corrected chi connectivity index (χ3v) is 12.5. The molecule has 1 heterocycles. The average Bonchev–Trinajstić information content (AvgIpc) is 3.25. The Balaban J connectivity index is 1.51. The van der Waals surface area contributed by atoms with Crippen molar-refractivity contribution in [1.82, 2.24) is 5.16 Å². The van der Waals surface area contributed by atoms with Gasteiger partial charge < -0.3 is 4.52 Å². The van der Waals surface area contributed by atoms with Crippen LogP contribution in [0.4, 0.5) is 0 Å². The van der Waals surface area contributed by atoms with Crippen molar-refractivity contribution in [3.8, 4) is 0 Å². The zero-order valence-electron chi connectivity index (χ0n) is 23.1. The highest BCUT2D eigenvalue weighted by molar-refractivity contribution is 5.95. The summed E-state index contributed by atoms with van der Waals surface area (Å²) in [6.45, 7) is 16.5. The predicted molar refractivity (Wildman–Crippen MR) is 139 cm³/mol. The molecule has 7 atom stereocenters. The summed E-state index contributed by atoms with van der Waals surface area (Å²) >= 11 is 0. The van der Waals surface area contributed by atoms with Crippen LogP contribution in [0.5, 0.6) is 0 Å². The van der Waals surface area contributed by atoms with Gasteiger partial charge in [-0.1, -0.05) is 64.3 Å². The Morgan fingerprint density at radius 1 is 1.06 bits per heavy atom. The van der Waals surface area contributed by atoms with Crippen LogP contribution in [0, 0.1) is 39.4 Å². The van der Waals surface area contributed by atoms with Crippen molar-refractivity contribution in [2.24, 2.45) is 44.5 Å². The fourth-order valence-corrected chi connectivity index (χ4v) is 10.5. The number of hydrogen-bond donors (Lipinski definition) is 0. The summed E-state index contributed by atoms with van der Waals surface area (Å²) in [6.07, 6.45) is 11.8. The first-order valence-electron chi connectivity index (χ1n) is 14.0. The molecule has 36 heavy (non-hydrogen) atoms. The van der Waals surface area contributed by atoms with Crippen molar-refractivity contribution in [2.45, 2.75) is 111 Å². The van der Waals surface area contributed by atoms with E-state index in [2.05, 4.69) is 69.7 Å². The van der Waals surface area contributed by atoms with Crippen molar-refractivity contribution in [3.63, 3.8) is 0 Å². The van der Waals surface area contributed by atoms with Gasteiger partial charge in [0.05, 0.1) is 11.7 Å². The molecule has 0 radical (unpaired) electrons. The highest BCUT2D eigenvalue weighted by Crippen LogP contribution is 2.74. The van der Waals surface area contributed by atoms with E-state index >= 15 is 0 Å². The maximum atomic E-state index is 14.4. The molecule has 6 heteroatoms. The largest absolute Gasteiger partial charge is 0.361 e. The van der Waals surface area contributed by atoms with Crippen molar-refractivity contribution in [2.75, 3.05) is 0 Å². The van der Waals surface area contributed by atoms with E-state index in [0.717, 1.165) is 57.1 Å². The molecule has 1 aromatic heterocycles. The van der Waals surface area contributed by atoms with Crippen LogP contribution in [0.1, 0.15) is 105 Å². The van der Waals surface area contributed by atoms with Gasteiger partial charge >= 0.3 is 0 Å². The monoisotopic (exact) mass is 490 g/mol. The molecule has 3 saturated carbocycles. The van der Waals surface area contributed by atoms with Crippen molar-refractivity contribution >= 4 is 5.78 Å². The van der Waals surface area contributed by atoms with Gasteiger partial charge in [-0.3, -0.25) is 4.79 Å². The van der Waals surface area contributed by atoms with Crippen LogP contribution in [0.3, 0.4) is 0 Å². The fraction of sp³-hybridized carbons (Fsp3) is 0.800.